The molecule has 0 aromatic rings. The molecule has 0 aromatic heterocycles. The number of hydrogen-bond donors (Lipinski definition) is 0. The monoisotopic (exact) mass is 256 g/mol. The van der Waals surface area contributed by atoms with E-state index in [4.69, 9.17) is 0 Å². The maximum atomic E-state index is 3.00. The molecule has 0 nitrogen and oxygen atoms in total. The number of fused-ring (bicyclic) bond motifs is 7. The van der Waals surface area contributed by atoms with Gasteiger partial charge >= 0.3 is 0 Å². The van der Waals surface area contributed by atoms with E-state index in [1.807, 2.05) is 0 Å². The Hall–Kier alpha value is -0.780. The summed E-state index contributed by atoms with van der Waals surface area (Å²) in [5, 5.41) is 0. The van der Waals surface area contributed by atoms with Crippen LogP contribution < -0.4 is 0 Å². The van der Waals surface area contributed by atoms with Gasteiger partial charge in [0.15, 0.2) is 0 Å². The summed E-state index contributed by atoms with van der Waals surface area (Å²) in [6, 6.07) is 0. The van der Waals surface area contributed by atoms with Gasteiger partial charge in [0.05, 0.1) is 0 Å². The summed E-state index contributed by atoms with van der Waals surface area (Å²) in [7, 11) is 0. The van der Waals surface area contributed by atoms with Gasteiger partial charge in [0, 0.05) is 0 Å². The second kappa shape index (κ2) is 5.69. The summed E-state index contributed by atoms with van der Waals surface area (Å²) in [6.07, 6.45) is 20.2. The van der Waals surface area contributed by atoms with Crippen molar-refractivity contribution in [1.82, 2.24) is 0 Å². The number of hydrogen-bond acceptors (Lipinski definition) is 0. The van der Waals surface area contributed by atoms with Crippen LogP contribution in [0.15, 0.2) is 37.5 Å². The zero-order valence-electron chi connectivity index (χ0n) is 12.1. The van der Waals surface area contributed by atoms with Crippen LogP contribution in [0.1, 0.15) is 44.9 Å². The first-order chi connectivity index (χ1) is 9.40. The van der Waals surface area contributed by atoms with Crippen LogP contribution in [0, 0.1) is 35.5 Å². The van der Waals surface area contributed by atoms with Crippen molar-refractivity contribution in [3.8, 4) is 0 Å². The zero-order valence-corrected chi connectivity index (χ0v) is 12.1. The molecule has 0 spiro atoms. The molecule has 0 saturated heterocycles. The van der Waals surface area contributed by atoms with Crippen LogP contribution in [0.3, 0.4) is 0 Å². The Bertz CT molecular complexity index is 352. The molecule has 0 radical (unpaired) electrons. The summed E-state index contributed by atoms with van der Waals surface area (Å²) in [5.74, 6) is 6.34. The van der Waals surface area contributed by atoms with Crippen molar-refractivity contribution in [2.75, 3.05) is 0 Å². The Kier molecular flexibility index (Phi) is 3.96. The Morgan fingerprint density at radius 1 is 0.737 bits per heavy atom. The van der Waals surface area contributed by atoms with Crippen LogP contribution in [0.4, 0.5) is 0 Å². The second-order valence-corrected chi connectivity index (χ2v) is 6.96. The van der Waals surface area contributed by atoms with E-state index in [0.29, 0.717) is 0 Å². The lowest BCUT2D eigenvalue weighted by Crippen LogP contribution is -2.16. The summed E-state index contributed by atoms with van der Waals surface area (Å²) in [4.78, 5) is 0. The molecule has 0 heteroatoms. The van der Waals surface area contributed by atoms with Crippen LogP contribution in [0.2, 0.25) is 0 Å². The van der Waals surface area contributed by atoms with Gasteiger partial charge in [-0.25, -0.2) is 0 Å². The lowest BCUT2D eigenvalue weighted by Gasteiger charge is -2.23. The van der Waals surface area contributed by atoms with Crippen LogP contribution in [-0.2, 0) is 0 Å². The fourth-order valence-electron chi connectivity index (χ4n) is 5.21. The van der Waals surface area contributed by atoms with Gasteiger partial charge in [0.25, 0.3) is 0 Å². The van der Waals surface area contributed by atoms with Gasteiger partial charge in [-0.1, -0.05) is 24.3 Å². The molecular formula is C19H28. The topological polar surface area (TPSA) is 0 Å². The van der Waals surface area contributed by atoms with Gasteiger partial charge in [-0.05, 0) is 80.5 Å². The van der Waals surface area contributed by atoms with Gasteiger partial charge in [-0.15, -0.1) is 13.2 Å². The van der Waals surface area contributed by atoms with Crippen molar-refractivity contribution < 1.29 is 0 Å². The number of allylic oxidation sites excluding steroid dienone is 4. The third-order valence-corrected chi connectivity index (χ3v) is 6.09. The smallest absolute Gasteiger partial charge is 0.0171 e. The normalized spacial score (nSPS) is 46.5. The summed E-state index contributed by atoms with van der Waals surface area (Å²) in [5.41, 5.74) is 0. The summed E-state index contributed by atoms with van der Waals surface area (Å²) in [6.45, 7) is 6.00. The first kappa shape index (κ1) is 13.2. The van der Waals surface area contributed by atoms with Crippen LogP contribution in [0.5, 0.6) is 0 Å². The van der Waals surface area contributed by atoms with Gasteiger partial charge in [-0.2, -0.15) is 0 Å². The van der Waals surface area contributed by atoms with E-state index in [2.05, 4.69) is 37.5 Å². The molecule has 0 N–H and O–H groups in total. The summed E-state index contributed by atoms with van der Waals surface area (Å²) >= 11 is 0. The first-order valence-corrected chi connectivity index (χ1v) is 8.25. The van der Waals surface area contributed by atoms with Crippen LogP contribution in [0.25, 0.3) is 0 Å². The Morgan fingerprint density at radius 3 is 1.95 bits per heavy atom. The molecule has 0 aromatic carbocycles. The highest BCUT2D eigenvalue weighted by molar-refractivity contribution is 5.11. The Morgan fingerprint density at radius 2 is 1.42 bits per heavy atom. The molecule has 0 amide bonds. The predicted octanol–water partition coefficient (Wildman–Crippen LogP) is 5.38. The molecule has 19 heavy (non-hydrogen) atoms. The molecule has 4 bridgehead atoms. The Balaban J connectivity index is 0.000000108. The van der Waals surface area contributed by atoms with E-state index in [1.54, 1.807) is 12.8 Å². The first-order valence-electron chi connectivity index (χ1n) is 8.25. The van der Waals surface area contributed by atoms with Gasteiger partial charge in [0.1, 0.15) is 0 Å². The molecule has 6 atom stereocenters. The average Bonchev–Trinajstić information content (AvgIpc) is 3.24. The summed E-state index contributed by atoms with van der Waals surface area (Å²) < 4.78 is 0. The SMILES string of the molecule is C1=CC2C3CCC(C3)C2C1.C1=CC2CCC1C2.C=C. The predicted molar refractivity (Wildman–Crippen MR) is 82.8 cm³/mol. The minimum Gasteiger partial charge on any atom is -0.106 e. The molecule has 5 aliphatic carbocycles. The van der Waals surface area contributed by atoms with E-state index in [9.17, 15) is 0 Å². The van der Waals surface area contributed by atoms with Gasteiger partial charge in [0.2, 0.25) is 0 Å². The highest BCUT2D eigenvalue weighted by Crippen LogP contribution is 2.56. The zero-order chi connectivity index (χ0) is 13.2. The van der Waals surface area contributed by atoms with Gasteiger partial charge < -0.3 is 0 Å². The van der Waals surface area contributed by atoms with E-state index < -0.39 is 0 Å². The van der Waals surface area contributed by atoms with E-state index in [0.717, 1.165) is 35.5 Å². The number of rotatable bonds is 0. The average molecular weight is 256 g/mol. The minimum absolute atomic E-state index is 0.991. The standard InChI is InChI=1S/C10H14.C7H10.C2H4/c1-2-9-7-4-5-8(6-7)10(9)3-1;1-2-7-4-3-6(1)5-7;1-2/h1-2,7-10H,3-6H2;1-2,6-7H,3-5H2;1-2H2. The fraction of sp³-hybridized carbons (Fsp3) is 0.684. The molecule has 0 aliphatic heterocycles. The van der Waals surface area contributed by atoms with Crippen molar-refractivity contribution >= 4 is 0 Å². The maximum absolute atomic E-state index is 3.00. The fourth-order valence-corrected chi connectivity index (χ4v) is 5.21. The maximum Gasteiger partial charge on any atom is -0.0171 e. The molecule has 5 aliphatic rings. The highest BCUT2D eigenvalue weighted by Gasteiger charge is 2.47. The lowest BCUT2D eigenvalue weighted by molar-refractivity contribution is 0.285. The highest BCUT2D eigenvalue weighted by atomic mass is 14.5. The Labute approximate surface area is 118 Å². The van der Waals surface area contributed by atoms with E-state index >= 15 is 0 Å². The molecule has 104 valence electrons. The third kappa shape index (κ3) is 2.47. The third-order valence-electron chi connectivity index (χ3n) is 6.09. The molecule has 0 heterocycles. The van der Waals surface area contributed by atoms with Gasteiger partial charge in [-0.3, -0.25) is 0 Å². The van der Waals surface area contributed by atoms with Crippen LogP contribution in [-0.4, -0.2) is 0 Å². The van der Waals surface area contributed by atoms with Crippen molar-refractivity contribution in [2.24, 2.45) is 35.5 Å². The molecule has 3 saturated carbocycles. The van der Waals surface area contributed by atoms with Crippen LogP contribution >= 0.6 is 0 Å². The van der Waals surface area contributed by atoms with Crippen molar-refractivity contribution in [3.05, 3.63) is 37.5 Å². The van der Waals surface area contributed by atoms with Crippen molar-refractivity contribution in [1.29, 1.82) is 0 Å². The van der Waals surface area contributed by atoms with E-state index in [-0.39, 0.29) is 0 Å². The largest absolute Gasteiger partial charge is 0.106 e. The minimum atomic E-state index is 0.991. The second-order valence-electron chi connectivity index (χ2n) is 6.96. The molecule has 5 rings (SSSR count). The quantitative estimate of drug-likeness (QED) is 0.510. The molecular weight excluding hydrogens is 228 g/mol. The van der Waals surface area contributed by atoms with Crippen molar-refractivity contribution in [2.45, 2.75) is 44.9 Å². The van der Waals surface area contributed by atoms with Crippen molar-refractivity contribution in [3.63, 3.8) is 0 Å². The molecule has 3 fully saturated rings. The lowest BCUT2D eigenvalue weighted by atomic mass is 9.82. The molecule has 6 unspecified atom stereocenters. The van der Waals surface area contributed by atoms with E-state index in [1.165, 1.54) is 32.1 Å².